The van der Waals surface area contributed by atoms with Crippen LogP contribution >= 0.6 is 0 Å². The van der Waals surface area contributed by atoms with Crippen LogP contribution in [0.15, 0.2) is 18.2 Å². The fourth-order valence-corrected chi connectivity index (χ4v) is 1.20. The Morgan fingerprint density at radius 3 is 2.25 bits per heavy atom. The number of hydrogen-bond donors (Lipinski definition) is 0. The van der Waals surface area contributed by atoms with Crippen LogP contribution in [0.3, 0.4) is 0 Å². The molecule has 0 aliphatic carbocycles. The summed E-state index contributed by atoms with van der Waals surface area (Å²) in [5.74, 6) is -0.516. The van der Waals surface area contributed by atoms with Crippen molar-refractivity contribution < 1.29 is 18.0 Å². The van der Waals surface area contributed by atoms with Gasteiger partial charge < -0.3 is 4.90 Å². The molecule has 1 amide bonds. The van der Waals surface area contributed by atoms with Crippen molar-refractivity contribution in [2.45, 2.75) is 6.18 Å². The smallest absolute Gasteiger partial charge is 0.345 e. The van der Waals surface area contributed by atoms with Crippen molar-refractivity contribution in [1.29, 1.82) is 0 Å². The average molecular weight is 229 g/mol. The van der Waals surface area contributed by atoms with Crippen molar-refractivity contribution >= 4 is 5.91 Å². The Bertz CT molecular complexity index is 410. The van der Waals surface area contributed by atoms with E-state index in [2.05, 4.69) is 0 Å². The molecule has 1 aromatic rings. The second-order valence-corrected chi connectivity index (χ2v) is 3.54. The molecule has 0 aliphatic heterocycles. The maximum atomic E-state index is 12.4. The average Bonchev–Trinajstić information content (AvgIpc) is 2.14. The summed E-state index contributed by atoms with van der Waals surface area (Å²) in [4.78, 5) is 12.7. The first-order chi connectivity index (χ1) is 7.21. The van der Waals surface area contributed by atoms with E-state index >= 15 is 0 Å². The van der Waals surface area contributed by atoms with Crippen LogP contribution in [0.4, 0.5) is 13.2 Å². The molecular weight excluding hydrogens is 219 g/mol. The molecule has 0 atom stereocenters. The van der Waals surface area contributed by atoms with Crippen molar-refractivity contribution in [3.8, 4) is 0 Å². The van der Waals surface area contributed by atoms with Gasteiger partial charge in [0, 0.05) is 19.7 Å². The highest BCUT2D eigenvalue weighted by Gasteiger charge is 2.31. The zero-order valence-corrected chi connectivity index (χ0v) is 8.80. The number of amides is 1. The Hall–Kier alpha value is -1.52. The molecule has 86 valence electrons. The first-order valence-electron chi connectivity index (χ1n) is 4.41. The fraction of sp³-hybridized carbons (Fsp3) is 0.273. The number of benzene rings is 1. The van der Waals surface area contributed by atoms with E-state index in [1.54, 1.807) is 0 Å². The molecule has 5 heteroatoms. The molecule has 0 saturated heterocycles. The van der Waals surface area contributed by atoms with Gasteiger partial charge in [-0.25, -0.2) is 0 Å². The third kappa shape index (κ3) is 2.74. The third-order valence-electron chi connectivity index (χ3n) is 1.94. The first kappa shape index (κ1) is 12.5. The maximum Gasteiger partial charge on any atom is 0.416 e. The minimum Gasteiger partial charge on any atom is -0.345 e. The molecule has 0 heterocycles. The van der Waals surface area contributed by atoms with Crippen LogP contribution in [0.1, 0.15) is 21.5 Å². The van der Waals surface area contributed by atoms with E-state index in [0.29, 0.717) is 0 Å². The second kappa shape index (κ2) is 4.15. The van der Waals surface area contributed by atoms with Crippen molar-refractivity contribution in [3.63, 3.8) is 0 Å². The largest absolute Gasteiger partial charge is 0.416 e. The molecular formula is C11H10F3NO. The summed E-state index contributed by atoms with van der Waals surface area (Å²) in [5.41, 5.74) is -1.07. The zero-order valence-electron chi connectivity index (χ0n) is 8.80. The first-order valence-corrected chi connectivity index (χ1v) is 4.41. The van der Waals surface area contributed by atoms with Gasteiger partial charge in [-0.2, -0.15) is 13.2 Å². The minimum absolute atomic E-state index is 0.0719. The van der Waals surface area contributed by atoms with E-state index < -0.39 is 17.6 Å². The third-order valence-corrected chi connectivity index (χ3v) is 1.94. The zero-order chi connectivity index (χ0) is 12.5. The molecule has 2 nitrogen and oxygen atoms in total. The van der Waals surface area contributed by atoms with Gasteiger partial charge in [0.1, 0.15) is 0 Å². The summed E-state index contributed by atoms with van der Waals surface area (Å²) < 4.78 is 37.3. The monoisotopic (exact) mass is 229 g/mol. The molecule has 0 saturated carbocycles. The highest BCUT2D eigenvalue weighted by Crippen LogP contribution is 2.30. The van der Waals surface area contributed by atoms with E-state index in [1.165, 1.54) is 25.1 Å². The van der Waals surface area contributed by atoms with Gasteiger partial charge in [-0.3, -0.25) is 4.79 Å². The number of rotatable bonds is 1. The number of hydrogen-bond acceptors (Lipinski definition) is 1. The lowest BCUT2D eigenvalue weighted by atomic mass is 10.1. The van der Waals surface area contributed by atoms with Crippen molar-refractivity contribution in [1.82, 2.24) is 4.90 Å². The van der Waals surface area contributed by atoms with Gasteiger partial charge in [0.15, 0.2) is 0 Å². The Kier molecular flexibility index (Phi) is 3.26. The van der Waals surface area contributed by atoms with Gasteiger partial charge in [-0.1, -0.05) is 0 Å². The standard InChI is InChI=1S/C11H10F3NO/c1-7-4-8(10(16)15(2)3)6-9(5-7)11(12,13)14/h1,4-6H,2-3H3. The lowest BCUT2D eigenvalue weighted by Crippen LogP contribution is -2.22. The summed E-state index contributed by atoms with van der Waals surface area (Å²) in [5, 5.41) is 0. The van der Waals surface area contributed by atoms with Gasteiger partial charge in [0.05, 0.1) is 5.56 Å². The quantitative estimate of drug-likeness (QED) is 0.724. The van der Waals surface area contributed by atoms with Crippen molar-refractivity contribution in [2.75, 3.05) is 14.1 Å². The molecule has 2 radical (unpaired) electrons. The molecule has 16 heavy (non-hydrogen) atoms. The Labute approximate surface area is 91.7 Å². The topological polar surface area (TPSA) is 20.3 Å². The van der Waals surface area contributed by atoms with Gasteiger partial charge in [-0.15, -0.1) is 0 Å². The van der Waals surface area contributed by atoms with Crippen LogP contribution in [0.25, 0.3) is 0 Å². The maximum absolute atomic E-state index is 12.4. The Morgan fingerprint density at radius 2 is 1.81 bits per heavy atom. The number of nitrogens with zero attached hydrogens (tertiary/aromatic N) is 1. The molecule has 0 unspecified atom stereocenters. The number of alkyl halides is 3. The number of carbonyl (C=O) groups excluding carboxylic acids is 1. The van der Waals surface area contributed by atoms with Crippen molar-refractivity contribution in [3.05, 3.63) is 41.8 Å². The molecule has 0 bridgehead atoms. The highest BCUT2D eigenvalue weighted by molar-refractivity contribution is 5.94. The van der Waals surface area contributed by atoms with Crippen LogP contribution in [0, 0.1) is 6.92 Å². The van der Waals surface area contributed by atoms with Crippen molar-refractivity contribution in [2.24, 2.45) is 0 Å². The Morgan fingerprint density at radius 1 is 1.25 bits per heavy atom. The van der Waals surface area contributed by atoms with Crippen LogP contribution in [0.2, 0.25) is 0 Å². The lowest BCUT2D eigenvalue weighted by Gasteiger charge is -2.13. The summed E-state index contributed by atoms with van der Waals surface area (Å²) >= 11 is 0. The van der Waals surface area contributed by atoms with Crippen LogP contribution in [-0.4, -0.2) is 24.9 Å². The summed E-state index contributed by atoms with van der Waals surface area (Å²) in [6, 6.07) is 2.81. The van der Waals surface area contributed by atoms with E-state index in [9.17, 15) is 18.0 Å². The molecule has 0 N–H and O–H groups in total. The molecule has 0 aromatic heterocycles. The molecule has 0 spiro atoms. The van der Waals surface area contributed by atoms with Gasteiger partial charge in [0.25, 0.3) is 5.91 Å². The minimum atomic E-state index is -4.50. The Balaban J connectivity index is 3.24. The van der Waals surface area contributed by atoms with E-state index in [4.69, 9.17) is 6.92 Å². The normalized spacial score (nSPS) is 11.4. The van der Waals surface area contributed by atoms with Crippen LogP contribution in [0.5, 0.6) is 0 Å². The van der Waals surface area contributed by atoms with E-state index in [0.717, 1.165) is 12.1 Å². The predicted octanol–water partition coefficient (Wildman–Crippen LogP) is 2.47. The molecule has 1 rings (SSSR count). The molecule has 0 fully saturated rings. The lowest BCUT2D eigenvalue weighted by molar-refractivity contribution is -0.137. The van der Waals surface area contributed by atoms with E-state index in [-0.39, 0.29) is 11.1 Å². The number of halogens is 3. The van der Waals surface area contributed by atoms with Gasteiger partial charge in [0.2, 0.25) is 0 Å². The summed E-state index contributed by atoms with van der Waals surface area (Å²) in [6.45, 7) is 5.32. The predicted molar refractivity (Wildman–Crippen MR) is 52.9 cm³/mol. The fourth-order valence-electron chi connectivity index (χ4n) is 1.20. The number of carbonyl (C=O) groups is 1. The van der Waals surface area contributed by atoms with Crippen LogP contribution in [-0.2, 0) is 6.18 Å². The SMILES string of the molecule is [CH]c1cc(C(=O)N(C)C)cc(C(F)(F)F)c1. The summed E-state index contributed by atoms with van der Waals surface area (Å²) in [7, 11) is 2.91. The van der Waals surface area contributed by atoms with E-state index in [1.807, 2.05) is 0 Å². The van der Waals surface area contributed by atoms with Gasteiger partial charge >= 0.3 is 6.18 Å². The second-order valence-electron chi connectivity index (χ2n) is 3.54. The van der Waals surface area contributed by atoms with Gasteiger partial charge in [-0.05, 0) is 30.7 Å². The van der Waals surface area contributed by atoms with Crippen LogP contribution < -0.4 is 0 Å². The molecule has 1 aromatic carbocycles. The highest BCUT2D eigenvalue weighted by atomic mass is 19.4. The molecule has 0 aliphatic rings. The summed E-state index contributed by atoms with van der Waals surface area (Å²) in [6.07, 6.45) is -4.50.